The Balaban J connectivity index is 1.65. The number of rotatable bonds is 5. The normalized spacial score (nSPS) is 11.2. The van der Waals surface area contributed by atoms with E-state index in [9.17, 15) is 4.79 Å². The molecule has 0 bridgehead atoms. The summed E-state index contributed by atoms with van der Waals surface area (Å²) in [5.74, 6) is 1.12. The molecular weight excluding hydrogens is 368 g/mol. The Kier molecular flexibility index (Phi) is 4.52. The summed E-state index contributed by atoms with van der Waals surface area (Å²) in [7, 11) is 1.80. The fraction of sp³-hybridized carbons (Fsp3) is 0.167. The topological polar surface area (TPSA) is 73.0 Å². The number of amides is 1. The first kappa shape index (κ1) is 16.9. The van der Waals surface area contributed by atoms with Gasteiger partial charge in [0.15, 0.2) is 11.6 Å². The summed E-state index contributed by atoms with van der Waals surface area (Å²) < 4.78 is 8.47. The molecule has 26 heavy (non-hydrogen) atoms. The number of nitrogens with zero attached hydrogens (tertiary/aromatic N) is 3. The van der Waals surface area contributed by atoms with Gasteiger partial charge in [-0.05, 0) is 13.0 Å². The van der Waals surface area contributed by atoms with Crippen molar-refractivity contribution in [2.75, 3.05) is 5.32 Å². The van der Waals surface area contributed by atoms with Crippen LogP contribution in [0.5, 0.6) is 0 Å². The molecule has 0 unspecified atom stereocenters. The highest BCUT2D eigenvalue weighted by Crippen LogP contribution is 2.33. The summed E-state index contributed by atoms with van der Waals surface area (Å²) in [5, 5.41) is 9.94. The Bertz CT molecular complexity index is 1080. The molecule has 6 nitrogen and oxygen atoms in total. The lowest BCUT2D eigenvalue weighted by molar-refractivity contribution is 0.0997. The number of aryl methyl sites for hydroxylation is 2. The van der Waals surface area contributed by atoms with E-state index in [-0.39, 0.29) is 5.91 Å². The van der Waals surface area contributed by atoms with Gasteiger partial charge in [-0.3, -0.25) is 9.48 Å². The van der Waals surface area contributed by atoms with Crippen molar-refractivity contribution in [1.82, 2.24) is 14.8 Å². The van der Waals surface area contributed by atoms with Crippen molar-refractivity contribution < 1.29 is 9.21 Å². The van der Waals surface area contributed by atoms with E-state index in [0.717, 1.165) is 21.0 Å². The smallest absolute Gasteiger partial charge is 0.292 e. The Hall–Kier alpha value is -2.58. The lowest BCUT2D eigenvalue weighted by atomic mass is 10.1. The van der Waals surface area contributed by atoms with E-state index in [1.165, 1.54) is 0 Å². The van der Waals surface area contributed by atoms with Crippen molar-refractivity contribution in [3.05, 3.63) is 58.9 Å². The molecule has 3 heterocycles. The highest BCUT2D eigenvalue weighted by Gasteiger charge is 2.21. The highest BCUT2D eigenvalue weighted by molar-refractivity contribution is 8.00. The molecule has 0 aliphatic carbocycles. The average molecular weight is 384 g/mol. The van der Waals surface area contributed by atoms with Crippen LogP contribution < -0.4 is 5.32 Å². The van der Waals surface area contributed by atoms with Gasteiger partial charge >= 0.3 is 0 Å². The predicted molar refractivity (Wildman–Crippen MR) is 104 cm³/mol. The van der Waals surface area contributed by atoms with Crippen LogP contribution in [0, 0.1) is 6.92 Å². The van der Waals surface area contributed by atoms with Crippen LogP contribution >= 0.6 is 23.1 Å². The third kappa shape index (κ3) is 3.38. The second-order valence-electron chi connectivity index (χ2n) is 5.78. The molecule has 1 amide bonds. The minimum absolute atomic E-state index is 0.300. The fourth-order valence-corrected chi connectivity index (χ4v) is 4.49. The van der Waals surface area contributed by atoms with E-state index in [0.29, 0.717) is 22.9 Å². The van der Waals surface area contributed by atoms with Crippen molar-refractivity contribution in [2.45, 2.75) is 17.0 Å². The Morgan fingerprint density at radius 3 is 2.92 bits per heavy atom. The molecule has 3 aromatic heterocycles. The second-order valence-corrected chi connectivity index (χ2v) is 7.86. The van der Waals surface area contributed by atoms with Gasteiger partial charge in [-0.1, -0.05) is 30.0 Å². The Morgan fingerprint density at radius 1 is 1.35 bits per heavy atom. The molecule has 0 spiro atoms. The zero-order valence-electron chi connectivity index (χ0n) is 14.2. The molecule has 0 saturated carbocycles. The molecule has 132 valence electrons. The van der Waals surface area contributed by atoms with E-state index < -0.39 is 0 Å². The quantitative estimate of drug-likeness (QED) is 0.514. The molecule has 0 atom stereocenters. The number of furan rings is 1. The van der Waals surface area contributed by atoms with Gasteiger partial charge in [0.2, 0.25) is 0 Å². The minimum atomic E-state index is -0.300. The lowest BCUT2D eigenvalue weighted by Crippen LogP contribution is -2.13. The molecule has 0 fully saturated rings. The van der Waals surface area contributed by atoms with Gasteiger partial charge in [0.1, 0.15) is 9.92 Å². The lowest BCUT2D eigenvalue weighted by Gasteiger charge is -2.03. The number of aromatic nitrogens is 3. The molecule has 1 aromatic carbocycles. The van der Waals surface area contributed by atoms with Gasteiger partial charge in [0.25, 0.3) is 5.91 Å². The number of benzene rings is 1. The molecule has 0 radical (unpaired) electrons. The summed E-state index contributed by atoms with van der Waals surface area (Å²) in [6, 6.07) is 9.43. The first-order valence-electron chi connectivity index (χ1n) is 7.96. The zero-order valence-corrected chi connectivity index (χ0v) is 15.9. The van der Waals surface area contributed by atoms with Crippen LogP contribution in [0.1, 0.15) is 21.8 Å². The number of hydrogen-bond acceptors (Lipinski definition) is 6. The van der Waals surface area contributed by atoms with Crippen molar-refractivity contribution in [3.8, 4) is 0 Å². The third-order valence-corrected chi connectivity index (χ3v) is 5.96. The molecule has 0 aliphatic rings. The molecular formula is C18H16N4O2S2. The van der Waals surface area contributed by atoms with Crippen LogP contribution in [0.25, 0.3) is 11.0 Å². The van der Waals surface area contributed by atoms with E-state index in [1.807, 2.05) is 36.6 Å². The van der Waals surface area contributed by atoms with Gasteiger partial charge in [-0.2, -0.15) is 5.10 Å². The maximum atomic E-state index is 12.8. The van der Waals surface area contributed by atoms with Crippen molar-refractivity contribution in [2.24, 2.45) is 7.05 Å². The molecule has 0 saturated heterocycles. The molecule has 4 rings (SSSR count). The van der Waals surface area contributed by atoms with Gasteiger partial charge < -0.3 is 9.73 Å². The first-order chi connectivity index (χ1) is 12.6. The Labute approximate surface area is 158 Å². The summed E-state index contributed by atoms with van der Waals surface area (Å²) in [6.45, 7) is 1.97. The number of carbonyl (C=O) groups excluding carboxylic acids is 1. The van der Waals surface area contributed by atoms with Crippen LogP contribution in [0.4, 0.5) is 5.82 Å². The van der Waals surface area contributed by atoms with Crippen molar-refractivity contribution in [3.63, 3.8) is 0 Å². The summed E-state index contributed by atoms with van der Waals surface area (Å²) in [4.78, 5) is 17.2. The number of para-hydroxylation sites is 1. The van der Waals surface area contributed by atoms with Crippen LogP contribution in [0.3, 0.4) is 0 Å². The fourth-order valence-electron chi connectivity index (χ4n) is 2.61. The standard InChI is InChI=1S/C18H16N4O2S2/c1-11-9-25-18(19-11)26-10-13-12-5-3-4-6-14(12)24-16(13)17(23)20-15-7-8-22(2)21-15/h3-9H,10H2,1-2H3,(H,20,21,23). The van der Waals surface area contributed by atoms with Crippen LogP contribution in [0.15, 0.2) is 50.7 Å². The maximum Gasteiger partial charge on any atom is 0.292 e. The maximum absolute atomic E-state index is 12.8. The van der Waals surface area contributed by atoms with Crippen molar-refractivity contribution >= 4 is 45.8 Å². The molecule has 4 aromatic rings. The number of anilines is 1. The summed E-state index contributed by atoms with van der Waals surface area (Å²) in [5.41, 5.74) is 2.57. The van der Waals surface area contributed by atoms with E-state index in [1.54, 1.807) is 47.1 Å². The van der Waals surface area contributed by atoms with Gasteiger partial charge in [-0.25, -0.2) is 4.98 Å². The third-order valence-electron chi connectivity index (χ3n) is 3.80. The van der Waals surface area contributed by atoms with E-state index in [4.69, 9.17) is 4.42 Å². The average Bonchev–Trinajstić information content (AvgIpc) is 3.32. The number of thiazole rings is 1. The highest BCUT2D eigenvalue weighted by atomic mass is 32.2. The van der Waals surface area contributed by atoms with Gasteiger partial charge in [0.05, 0.1) is 0 Å². The zero-order chi connectivity index (χ0) is 18.1. The van der Waals surface area contributed by atoms with Crippen molar-refractivity contribution in [1.29, 1.82) is 0 Å². The summed E-state index contributed by atoms with van der Waals surface area (Å²) >= 11 is 3.21. The van der Waals surface area contributed by atoms with Gasteiger partial charge in [-0.15, -0.1) is 11.3 Å². The van der Waals surface area contributed by atoms with Crippen LogP contribution in [-0.4, -0.2) is 20.7 Å². The monoisotopic (exact) mass is 384 g/mol. The number of fused-ring (bicyclic) bond motifs is 1. The number of carbonyl (C=O) groups is 1. The molecule has 8 heteroatoms. The number of hydrogen-bond donors (Lipinski definition) is 1. The van der Waals surface area contributed by atoms with Crippen LogP contribution in [-0.2, 0) is 12.8 Å². The van der Waals surface area contributed by atoms with E-state index >= 15 is 0 Å². The predicted octanol–water partition coefficient (Wildman–Crippen LogP) is 4.48. The Morgan fingerprint density at radius 2 is 2.19 bits per heavy atom. The first-order valence-corrected chi connectivity index (χ1v) is 9.83. The molecule has 0 aliphatic heterocycles. The number of thioether (sulfide) groups is 1. The number of nitrogens with one attached hydrogen (secondary N) is 1. The SMILES string of the molecule is Cc1csc(SCc2c(C(=O)Nc3ccn(C)n3)oc3ccccc23)n1. The van der Waals surface area contributed by atoms with Crippen LogP contribution in [0.2, 0.25) is 0 Å². The second kappa shape index (κ2) is 6.97. The van der Waals surface area contributed by atoms with E-state index in [2.05, 4.69) is 15.4 Å². The summed E-state index contributed by atoms with van der Waals surface area (Å²) in [6.07, 6.45) is 1.77. The molecule has 1 N–H and O–H groups in total. The van der Waals surface area contributed by atoms with Gasteiger partial charge in [0, 0.05) is 47.1 Å². The largest absolute Gasteiger partial charge is 0.451 e. The minimum Gasteiger partial charge on any atom is -0.451 e.